The number of nitrogens with one attached hydrogen (secondary N) is 1. The Morgan fingerprint density at radius 1 is 1.04 bits per heavy atom. The number of methoxy groups -OCH3 is 1. The quantitative estimate of drug-likeness (QED) is 0.846. The highest BCUT2D eigenvalue weighted by atomic mass is 35.5. The number of fused-ring (bicyclic) bond motifs is 1. The molecule has 0 heterocycles. The van der Waals surface area contributed by atoms with Crippen LogP contribution in [-0.4, -0.2) is 25.4 Å². The number of rotatable bonds is 3. The first-order valence-corrected chi connectivity index (χ1v) is 7.80. The monoisotopic (exact) mass is 373 g/mol. The second-order valence-electron chi connectivity index (χ2n) is 5.40. The first kappa shape index (κ1) is 18.4. The van der Waals surface area contributed by atoms with Crippen molar-refractivity contribution in [2.75, 3.05) is 14.2 Å². The van der Waals surface area contributed by atoms with Gasteiger partial charge < -0.3 is 15.2 Å². The Morgan fingerprint density at radius 2 is 1.78 bits per heavy atom. The van der Waals surface area contributed by atoms with Crippen LogP contribution >= 0.6 is 35.6 Å². The molecule has 3 nitrogen and oxygen atoms in total. The largest absolute Gasteiger partial charge is 0.497 e. The van der Waals surface area contributed by atoms with E-state index in [1.165, 1.54) is 0 Å². The molecule has 0 radical (unpaired) electrons. The summed E-state index contributed by atoms with van der Waals surface area (Å²) in [6, 6.07) is 11.2. The number of hydrogen-bond acceptors (Lipinski definition) is 3. The predicted octanol–water partition coefficient (Wildman–Crippen LogP) is 4.19. The minimum Gasteiger partial charge on any atom is -0.497 e. The summed E-state index contributed by atoms with van der Waals surface area (Å²) in [6.07, 6.45) is -0.579. The molecule has 0 aliphatic heterocycles. The maximum Gasteiger partial charge on any atom is 0.119 e. The molecule has 6 heteroatoms. The zero-order chi connectivity index (χ0) is 15.9. The molecule has 2 aromatic rings. The Hall–Kier alpha value is -0.970. The van der Waals surface area contributed by atoms with Gasteiger partial charge in [-0.05, 0) is 48.0 Å². The molecule has 0 spiro atoms. The second-order valence-corrected chi connectivity index (χ2v) is 6.22. The van der Waals surface area contributed by atoms with Gasteiger partial charge in [0, 0.05) is 5.92 Å². The minimum atomic E-state index is -0.579. The molecule has 0 saturated heterocycles. The van der Waals surface area contributed by atoms with E-state index < -0.39 is 6.10 Å². The van der Waals surface area contributed by atoms with Crippen LogP contribution in [0, 0.1) is 0 Å². The average molecular weight is 375 g/mol. The van der Waals surface area contributed by atoms with Gasteiger partial charge in [-0.1, -0.05) is 35.3 Å². The normalized spacial score (nSPS) is 22.4. The van der Waals surface area contributed by atoms with Crippen LogP contribution in [0.4, 0.5) is 0 Å². The van der Waals surface area contributed by atoms with E-state index in [1.807, 2.05) is 37.4 Å². The number of benzene rings is 2. The van der Waals surface area contributed by atoms with E-state index in [4.69, 9.17) is 27.9 Å². The first-order valence-electron chi connectivity index (χ1n) is 7.05. The van der Waals surface area contributed by atoms with Gasteiger partial charge in [0.25, 0.3) is 0 Å². The lowest BCUT2D eigenvalue weighted by Crippen LogP contribution is -2.28. The standard InChI is InChI=1S/C17H17Cl2NO2.ClH/c1-20-16-12-8-10(22-2)4-5-11(12)15(17(16)21)9-3-6-13(18)14(19)7-9;/h3-8,15-17,20-21H,1-2H3;1H/t15?,16-,17-;/m0./s1. The molecule has 0 bridgehead atoms. The van der Waals surface area contributed by atoms with Crippen molar-refractivity contribution < 1.29 is 9.84 Å². The fourth-order valence-electron chi connectivity index (χ4n) is 3.20. The average Bonchev–Trinajstić information content (AvgIpc) is 2.80. The molecule has 3 atom stereocenters. The van der Waals surface area contributed by atoms with E-state index in [1.54, 1.807) is 13.2 Å². The van der Waals surface area contributed by atoms with Crippen molar-refractivity contribution in [3.05, 3.63) is 63.1 Å². The van der Waals surface area contributed by atoms with E-state index in [0.29, 0.717) is 10.0 Å². The van der Waals surface area contributed by atoms with Gasteiger partial charge in [0.1, 0.15) is 5.75 Å². The van der Waals surface area contributed by atoms with Crippen molar-refractivity contribution in [1.82, 2.24) is 5.32 Å². The van der Waals surface area contributed by atoms with Gasteiger partial charge in [0.05, 0.1) is 29.3 Å². The number of aliphatic hydroxyl groups is 1. The molecule has 23 heavy (non-hydrogen) atoms. The van der Waals surface area contributed by atoms with Crippen molar-refractivity contribution in [2.45, 2.75) is 18.1 Å². The van der Waals surface area contributed by atoms with Crippen molar-refractivity contribution in [3.8, 4) is 5.75 Å². The zero-order valence-electron chi connectivity index (χ0n) is 12.7. The van der Waals surface area contributed by atoms with Crippen LogP contribution in [0.15, 0.2) is 36.4 Å². The van der Waals surface area contributed by atoms with Gasteiger partial charge in [0.2, 0.25) is 0 Å². The maximum atomic E-state index is 10.8. The molecule has 3 rings (SSSR count). The van der Waals surface area contributed by atoms with Crippen LogP contribution in [0.5, 0.6) is 5.75 Å². The summed E-state index contributed by atoms with van der Waals surface area (Å²) in [5.41, 5.74) is 3.07. The number of hydrogen-bond donors (Lipinski definition) is 2. The summed E-state index contributed by atoms with van der Waals surface area (Å²) >= 11 is 12.1. The van der Waals surface area contributed by atoms with Crippen molar-refractivity contribution in [3.63, 3.8) is 0 Å². The molecule has 1 aliphatic rings. The number of likely N-dealkylation sites (N-methyl/N-ethyl adjacent to an activating group) is 1. The molecule has 124 valence electrons. The molecule has 2 N–H and O–H groups in total. The van der Waals surface area contributed by atoms with Crippen LogP contribution in [0.3, 0.4) is 0 Å². The van der Waals surface area contributed by atoms with Gasteiger partial charge >= 0.3 is 0 Å². The van der Waals surface area contributed by atoms with Gasteiger partial charge in [-0.25, -0.2) is 0 Å². The molecular formula is C17H18Cl3NO2. The second kappa shape index (κ2) is 7.29. The predicted molar refractivity (Wildman–Crippen MR) is 96.4 cm³/mol. The van der Waals surface area contributed by atoms with E-state index >= 15 is 0 Å². The van der Waals surface area contributed by atoms with Gasteiger partial charge in [-0.3, -0.25) is 0 Å². The minimum absolute atomic E-state index is 0. The summed E-state index contributed by atoms with van der Waals surface area (Å²) < 4.78 is 5.30. The van der Waals surface area contributed by atoms with Gasteiger partial charge in [0.15, 0.2) is 0 Å². The van der Waals surface area contributed by atoms with Crippen LogP contribution in [-0.2, 0) is 0 Å². The Bertz CT molecular complexity index is 708. The number of halogens is 3. The smallest absolute Gasteiger partial charge is 0.119 e. The van der Waals surface area contributed by atoms with E-state index in [2.05, 4.69) is 5.32 Å². The molecule has 0 fully saturated rings. The molecule has 0 amide bonds. The summed E-state index contributed by atoms with van der Waals surface area (Å²) in [5, 5.41) is 15.0. The third kappa shape index (κ3) is 3.17. The third-order valence-electron chi connectivity index (χ3n) is 4.26. The first-order chi connectivity index (χ1) is 10.6. The fourth-order valence-corrected chi connectivity index (χ4v) is 3.51. The molecular weight excluding hydrogens is 357 g/mol. The van der Waals surface area contributed by atoms with E-state index in [-0.39, 0.29) is 24.4 Å². The van der Waals surface area contributed by atoms with Crippen molar-refractivity contribution in [2.24, 2.45) is 0 Å². The lowest BCUT2D eigenvalue weighted by atomic mass is 9.91. The Balaban J connectivity index is 0.00000192. The Kier molecular flexibility index (Phi) is 5.82. The Morgan fingerprint density at radius 3 is 2.39 bits per heavy atom. The van der Waals surface area contributed by atoms with Crippen LogP contribution in [0.1, 0.15) is 28.7 Å². The van der Waals surface area contributed by atoms with E-state index in [9.17, 15) is 5.11 Å². The molecule has 1 aliphatic carbocycles. The van der Waals surface area contributed by atoms with Gasteiger partial charge in [-0.15, -0.1) is 12.4 Å². The molecule has 0 saturated carbocycles. The van der Waals surface area contributed by atoms with Crippen LogP contribution in [0.25, 0.3) is 0 Å². The topological polar surface area (TPSA) is 41.5 Å². The highest BCUT2D eigenvalue weighted by molar-refractivity contribution is 6.42. The SMILES string of the molecule is CN[C@H]1c2cc(OC)ccc2C(c2ccc(Cl)c(Cl)c2)[C@@H]1O.Cl. The zero-order valence-corrected chi connectivity index (χ0v) is 15.0. The van der Waals surface area contributed by atoms with Crippen LogP contribution < -0.4 is 10.1 Å². The number of ether oxygens (including phenoxy) is 1. The van der Waals surface area contributed by atoms with Gasteiger partial charge in [-0.2, -0.15) is 0 Å². The molecule has 1 unspecified atom stereocenters. The fraction of sp³-hybridized carbons (Fsp3) is 0.294. The maximum absolute atomic E-state index is 10.8. The van der Waals surface area contributed by atoms with E-state index in [0.717, 1.165) is 22.4 Å². The highest BCUT2D eigenvalue weighted by Gasteiger charge is 2.40. The van der Waals surface area contributed by atoms with Crippen molar-refractivity contribution >= 4 is 35.6 Å². The summed E-state index contributed by atoms with van der Waals surface area (Å²) in [4.78, 5) is 0. The molecule has 0 aromatic heterocycles. The summed E-state index contributed by atoms with van der Waals surface area (Å²) in [7, 11) is 3.48. The lowest BCUT2D eigenvalue weighted by Gasteiger charge is -2.20. The third-order valence-corrected chi connectivity index (χ3v) is 5.00. The van der Waals surface area contributed by atoms with Crippen LogP contribution in [0.2, 0.25) is 10.0 Å². The van der Waals surface area contributed by atoms with Crippen molar-refractivity contribution in [1.29, 1.82) is 0 Å². The lowest BCUT2D eigenvalue weighted by molar-refractivity contribution is 0.130. The summed E-state index contributed by atoms with van der Waals surface area (Å²) in [5.74, 6) is 0.633. The molecule has 2 aromatic carbocycles. The Labute approximate surface area is 152 Å². The highest BCUT2D eigenvalue weighted by Crippen LogP contribution is 2.46. The number of aliphatic hydroxyl groups excluding tert-OH is 1. The summed E-state index contributed by atoms with van der Waals surface area (Å²) in [6.45, 7) is 0.